The Balaban J connectivity index is 1.53. The number of rotatable bonds is 5. The highest BCUT2D eigenvalue weighted by molar-refractivity contribution is 6.14. The van der Waals surface area contributed by atoms with Crippen LogP contribution in [0.3, 0.4) is 0 Å². The zero-order chi connectivity index (χ0) is 18.1. The van der Waals surface area contributed by atoms with Gasteiger partial charge in [0, 0.05) is 35.4 Å². The molecule has 2 aromatic rings. The molecule has 1 aliphatic heterocycles. The number of pyridine rings is 1. The minimum Gasteiger partial charge on any atom is -0.346 e. The van der Waals surface area contributed by atoms with E-state index in [1.807, 2.05) is 11.6 Å². The van der Waals surface area contributed by atoms with E-state index in [9.17, 15) is 0 Å². The highest BCUT2D eigenvalue weighted by atomic mass is 15.3. The van der Waals surface area contributed by atoms with Crippen molar-refractivity contribution in [1.82, 2.24) is 14.9 Å². The summed E-state index contributed by atoms with van der Waals surface area (Å²) in [5.74, 6) is 0.634. The van der Waals surface area contributed by atoms with Gasteiger partial charge in [-0.3, -0.25) is 4.90 Å². The molecule has 0 bridgehead atoms. The van der Waals surface area contributed by atoms with Crippen LogP contribution < -0.4 is 5.43 Å². The fraction of sp³-hybridized carbons (Fsp3) is 0.524. The summed E-state index contributed by atoms with van der Waals surface area (Å²) < 4.78 is 0. The number of nitrogens with one attached hydrogen (secondary N) is 1. The van der Waals surface area contributed by atoms with Gasteiger partial charge < -0.3 is 4.98 Å². The quantitative estimate of drug-likeness (QED) is 0.812. The van der Waals surface area contributed by atoms with Crippen LogP contribution in [0.25, 0.3) is 16.6 Å². The van der Waals surface area contributed by atoms with Gasteiger partial charge in [0.15, 0.2) is 0 Å². The zero-order valence-corrected chi connectivity index (χ0v) is 16.1. The maximum absolute atomic E-state index is 4.70. The molecule has 26 heavy (non-hydrogen) atoms. The molecule has 3 heterocycles. The summed E-state index contributed by atoms with van der Waals surface area (Å²) in [6.07, 6.45) is 13.2. The van der Waals surface area contributed by atoms with Crippen molar-refractivity contribution >= 4 is 22.8 Å². The molecule has 0 amide bonds. The summed E-state index contributed by atoms with van der Waals surface area (Å²) in [6.45, 7) is 8.08. The number of aromatic amines is 1. The average molecular weight is 353 g/mol. The lowest BCUT2D eigenvalue weighted by Crippen LogP contribution is -2.69. The maximum Gasteiger partial charge on any atom is 0.137 e. The number of hydrogen-bond acceptors (Lipinski definition) is 3. The largest absolute Gasteiger partial charge is 0.346 e. The predicted octanol–water partition coefficient (Wildman–Crippen LogP) is 3.22. The number of hydrogen-bond donors (Lipinski definition) is 2. The predicted molar refractivity (Wildman–Crippen MR) is 107 cm³/mol. The Morgan fingerprint density at radius 1 is 1.27 bits per heavy atom. The van der Waals surface area contributed by atoms with Crippen molar-refractivity contribution in [2.45, 2.75) is 64.5 Å². The zero-order valence-electron chi connectivity index (χ0n) is 16.1. The fourth-order valence-electron chi connectivity index (χ4n) is 4.72. The van der Waals surface area contributed by atoms with E-state index in [2.05, 4.69) is 60.4 Å². The molecule has 2 aromatic heterocycles. The molecule has 5 nitrogen and oxygen atoms in total. The van der Waals surface area contributed by atoms with Gasteiger partial charge in [-0.25, -0.2) is 4.98 Å². The van der Waals surface area contributed by atoms with Gasteiger partial charge in [0.25, 0.3) is 0 Å². The molecule has 138 valence electrons. The first-order valence-electron chi connectivity index (χ1n) is 9.97. The highest BCUT2D eigenvalue weighted by Crippen LogP contribution is 2.36. The second-order valence-electron chi connectivity index (χ2n) is 7.85. The number of nitrogens with two attached hydrogens (primary N) is 1. The molecule has 0 spiro atoms. The monoisotopic (exact) mass is 352 g/mol. The molecule has 3 N–H and O–H groups in total. The SMILES string of the molecule is CCN(C(C)C)C1CCC(c2cnc3[nH]cc(C4=C[NH2+]N=C4)c3c2)CC1. The molecule has 2 aliphatic rings. The molecule has 1 fully saturated rings. The summed E-state index contributed by atoms with van der Waals surface area (Å²) in [5.41, 5.74) is 6.58. The third-order valence-electron chi connectivity index (χ3n) is 6.08. The second kappa shape index (κ2) is 7.33. The van der Waals surface area contributed by atoms with E-state index in [1.54, 1.807) is 0 Å². The number of quaternary nitrogens is 1. The Bertz CT molecular complexity index is 824. The first kappa shape index (κ1) is 17.4. The Morgan fingerprint density at radius 3 is 2.73 bits per heavy atom. The van der Waals surface area contributed by atoms with Gasteiger partial charge in [0.1, 0.15) is 11.8 Å². The van der Waals surface area contributed by atoms with Crippen LogP contribution in [0.2, 0.25) is 0 Å². The lowest BCUT2D eigenvalue weighted by molar-refractivity contribution is -0.589. The minimum atomic E-state index is 0.634. The third kappa shape index (κ3) is 3.21. The average Bonchev–Trinajstić information content (AvgIpc) is 3.31. The van der Waals surface area contributed by atoms with Gasteiger partial charge in [0.05, 0.1) is 11.8 Å². The molecule has 5 heteroatoms. The number of allylic oxidation sites excluding steroid dienone is 1. The van der Waals surface area contributed by atoms with Crippen molar-refractivity contribution < 1.29 is 5.43 Å². The van der Waals surface area contributed by atoms with Crippen molar-refractivity contribution in [1.29, 1.82) is 0 Å². The van der Waals surface area contributed by atoms with Crippen LogP contribution >= 0.6 is 0 Å². The van der Waals surface area contributed by atoms with Gasteiger partial charge in [-0.2, -0.15) is 5.43 Å². The minimum absolute atomic E-state index is 0.634. The smallest absolute Gasteiger partial charge is 0.137 e. The Hall–Kier alpha value is -1.98. The van der Waals surface area contributed by atoms with E-state index in [4.69, 9.17) is 4.98 Å². The molecule has 1 aliphatic carbocycles. The maximum atomic E-state index is 4.70. The Labute approximate surface area is 155 Å². The number of H-pyrrole nitrogens is 1. The molecule has 0 radical (unpaired) electrons. The van der Waals surface area contributed by atoms with Gasteiger partial charge in [-0.05, 0) is 63.6 Å². The van der Waals surface area contributed by atoms with Crippen LogP contribution in [0, 0.1) is 0 Å². The van der Waals surface area contributed by atoms with Gasteiger partial charge in [-0.1, -0.05) is 12.0 Å². The summed E-state index contributed by atoms with van der Waals surface area (Å²) >= 11 is 0. The van der Waals surface area contributed by atoms with Crippen LogP contribution in [-0.4, -0.2) is 39.7 Å². The van der Waals surface area contributed by atoms with Crippen molar-refractivity contribution in [2.75, 3.05) is 6.54 Å². The van der Waals surface area contributed by atoms with E-state index < -0.39 is 0 Å². The second-order valence-corrected chi connectivity index (χ2v) is 7.85. The lowest BCUT2D eigenvalue weighted by atomic mass is 9.81. The topological polar surface area (TPSA) is 60.9 Å². The fourth-order valence-corrected chi connectivity index (χ4v) is 4.72. The number of aromatic nitrogens is 2. The van der Waals surface area contributed by atoms with Crippen molar-refractivity contribution in [3.63, 3.8) is 0 Å². The van der Waals surface area contributed by atoms with Gasteiger partial charge in [-0.15, -0.1) is 0 Å². The first-order chi connectivity index (χ1) is 12.7. The van der Waals surface area contributed by atoms with Crippen molar-refractivity contribution in [3.8, 4) is 0 Å². The Kier molecular flexibility index (Phi) is 4.92. The molecular formula is C21H30N5+. The normalized spacial score (nSPS) is 23.3. The van der Waals surface area contributed by atoms with Crippen LogP contribution in [0.5, 0.6) is 0 Å². The van der Waals surface area contributed by atoms with E-state index in [0.717, 1.165) is 23.8 Å². The Morgan fingerprint density at radius 2 is 2.08 bits per heavy atom. The lowest BCUT2D eigenvalue weighted by Gasteiger charge is -2.38. The summed E-state index contributed by atoms with van der Waals surface area (Å²) in [6, 6.07) is 3.73. The van der Waals surface area contributed by atoms with E-state index in [0.29, 0.717) is 12.0 Å². The molecule has 4 rings (SSSR count). The van der Waals surface area contributed by atoms with Gasteiger partial charge in [0.2, 0.25) is 0 Å². The summed E-state index contributed by atoms with van der Waals surface area (Å²) in [4.78, 5) is 10.7. The van der Waals surface area contributed by atoms with Crippen LogP contribution in [0.4, 0.5) is 0 Å². The molecule has 0 atom stereocenters. The molecule has 0 unspecified atom stereocenters. The van der Waals surface area contributed by atoms with Crippen LogP contribution in [-0.2, 0) is 0 Å². The van der Waals surface area contributed by atoms with E-state index in [1.165, 1.54) is 42.2 Å². The van der Waals surface area contributed by atoms with E-state index in [-0.39, 0.29) is 0 Å². The van der Waals surface area contributed by atoms with Crippen molar-refractivity contribution in [3.05, 3.63) is 35.8 Å². The summed E-state index contributed by atoms with van der Waals surface area (Å²) in [7, 11) is 0. The third-order valence-corrected chi connectivity index (χ3v) is 6.08. The van der Waals surface area contributed by atoms with Crippen LogP contribution in [0.15, 0.2) is 29.8 Å². The van der Waals surface area contributed by atoms with Crippen LogP contribution in [0.1, 0.15) is 63.5 Å². The van der Waals surface area contributed by atoms with E-state index >= 15 is 0 Å². The number of nitrogens with zero attached hydrogens (tertiary/aromatic N) is 3. The number of fused-ring (bicyclic) bond motifs is 1. The molecule has 1 saturated carbocycles. The molecular weight excluding hydrogens is 322 g/mol. The molecule has 0 aromatic carbocycles. The van der Waals surface area contributed by atoms with Gasteiger partial charge >= 0.3 is 0 Å². The first-order valence-corrected chi connectivity index (χ1v) is 9.97. The highest BCUT2D eigenvalue weighted by Gasteiger charge is 2.27. The van der Waals surface area contributed by atoms with Crippen molar-refractivity contribution in [2.24, 2.45) is 5.10 Å². The standard InChI is InChI=1S/C21H29N5/c1-4-26(14(2)3)18-7-5-15(6-8-18)16-9-19-20(17-11-24-25-12-17)13-23-21(19)22-10-16/h9-15,18H,4-8H2,1-3H3,(H,22,23)(H,24,25)/p+1. The summed E-state index contributed by atoms with van der Waals surface area (Å²) in [5, 5.41) is 5.42. The molecule has 0 saturated heterocycles.